The molecular formula is C12H13N3O. The minimum atomic E-state index is -0.641. The minimum absolute atomic E-state index is 0.490. The Bertz CT molecular complexity index is 459. The first-order valence-electron chi connectivity index (χ1n) is 5.03. The van der Waals surface area contributed by atoms with Crippen LogP contribution < -0.4 is 5.73 Å². The lowest BCUT2D eigenvalue weighted by molar-refractivity contribution is 0.178. The van der Waals surface area contributed by atoms with Crippen molar-refractivity contribution in [2.24, 2.45) is 0 Å². The number of aromatic nitrogens is 2. The smallest absolute Gasteiger partial charge is 0.0865 e. The lowest BCUT2D eigenvalue weighted by Crippen LogP contribution is -2.05. The molecule has 1 unspecified atom stereocenters. The van der Waals surface area contributed by atoms with Gasteiger partial charge in [0.25, 0.3) is 0 Å². The summed E-state index contributed by atoms with van der Waals surface area (Å²) in [7, 11) is 0. The fraction of sp³-hybridized carbons (Fsp3) is 0.167. The van der Waals surface area contributed by atoms with E-state index in [1.54, 1.807) is 30.9 Å². The maximum atomic E-state index is 10.0. The second-order valence-electron chi connectivity index (χ2n) is 3.59. The first kappa shape index (κ1) is 10.6. The molecule has 2 aromatic rings. The summed E-state index contributed by atoms with van der Waals surface area (Å²) in [5, 5.41) is 10.0. The highest BCUT2D eigenvalue weighted by Gasteiger charge is 2.11. The molecule has 0 aliphatic heterocycles. The molecule has 2 aromatic heterocycles. The Morgan fingerprint density at radius 1 is 1.19 bits per heavy atom. The van der Waals surface area contributed by atoms with Gasteiger partial charge in [-0.2, -0.15) is 0 Å². The van der Waals surface area contributed by atoms with E-state index in [4.69, 9.17) is 5.73 Å². The SMILES string of the molecule is Nc1ccncc1C(O)Cc1cccnc1. The molecule has 4 heteroatoms. The van der Waals surface area contributed by atoms with Crippen molar-refractivity contribution in [1.29, 1.82) is 0 Å². The van der Waals surface area contributed by atoms with Gasteiger partial charge in [0.05, 0.1) is 6.10 Å². The minimum Gasteiger partial charge on any atom is -0.398 e. The lowest BCUT2D eigenvalue weighted by atomic mass is 10.0. The molecule has 16 heavy (non-hydrogen) atoms. The quantitative estimate of drug-likeness (QED) is 0.810. The number of anilines is 1. The van der Waals surface area contributed by atoms with Crippen LogP contribution in [-0.2, 0) is 6.42 Å². The maximum Gasteiger partial charge on any atom is 0.0865 e. The molecule has 0 saturated heterocycles. The van der Waals surface area contributed by atoms with Crippen LogP contribution in [0.15, 0.2) is 43.0 Å². The van der Waals surface area contributed by atoms with Crippen molar-refractivity contribution in [2.45, 2.75) is 12.5 Å². The summed E-state index contributed by atoms with van der Waals surface area (Å²) < 4.78 is 0. The highest BCUT2D eigenvalue weighted by Crippen LogP contribution is 2.21. The molecule has 2 rings (SSSR count). The van der Waals surface area contributed by atoms with Gasteiger partial charge in [0.1, 0.15) is 0 Å². The summed E-state index contributed by atoms with van der Waals surface area (Å²) in [6.07, 6.45) is 6.48. The predicted octanol–water partition coefficient (Wildman–Crippen LogP) is 1.33. The van der Waals surface area contributed by atoms with Crippen LogP contribution in [0.1, 0.15) is 17.2 Å². The van der Waals surface area contributed by atoms with E-state index in [2.05, 4.69) is 9.97 Å². The summed E-state index contributed by atoms with van der Waals surface area (Å²) in [4.78, 5) is 7.95. The molecule has 0 aromatic carbocycles. The topological polar surface area (TPSA) is 72.0 Å². The molecule has 0 aliphatic rings. The van der Waals surface area contributed by atoms with Gasteiger partial charge in [-0.1, -0.05) is 6.07 Å². The van der Waals surface area contributed by atoms with Crippen molar-refractivity contribution in [1.82, 2.24) is 9.97 Å². The van der Waals surface area contributed by atoms with E-state index in [0.29, 0.717) is 17.7 Å². The molecule has 4 nitrogen and oxygen atoms in total. The third-order valence-corrected chi connectivity index (χ3v) is 2.40. The van der Waals surface area contributed by atoms with E-state index in [1.807, 2.05) is 12.1 Å². The van der Waals surface area contributed by atoms with Gasteiger partial charge in [0.2, 0.25) is 0 Å². The number of pyridine rings is 2. The monoisotopic (exact) mass is 215 g/mol. The number of aliphatic hydroxyl groups excluding tert-OH is 1. The predicted molar refractivity (Wildman–Crippen MR) is 61.6 cm³/mol. The summed E-state index contributed by atoms with van der Waals surface area (Å²) >= 11 is 0. The fourth-order valence-corrected chi connectivity index (χ4v) is 1.55. The average Bonchev–Trinajstić information content (AvgIpc) is 2.31. The van der Waals surface area contributed by atoms with Gasteiger partial charge in [-0.15, -0.1) is 0 Å². The van der Waals surface area contributed by atoms with Crippen LogP contribution in [0.2, 0.25) is 0 Å². The summed E-state index contributed by atoms with van der Waals surface area (Å²) in [5.41, 5.74) is 7.95. The van der Waals surface area contributed by atoms with Crippen LogP contribution in [-0.4, -0.2) is 15.1 Å². The summed E-state index contributed by atoms with van der Waals surface area (Å²) in [6, 6.07) is 5.44. The first-order valence-corrected chi connectivity index (χ1v) is 5.03. The molecule has 0 aliphatic carbocycles. The van der Waals surface area contributed by atoms with Crippen LogP contribution in [0.3, 0.4) is 0 Å². The Balaban J connectivity index is 2.15. The highest BCUT2D eigenvalue weighted by atomic mass is 16.3. The van der Waals surface area contributed by atoms with Gasteiger partial charge in [0, 0.05) is 42.5 Å². The number of rotatable bonds is 3. The first-order chi connectivity index (χ1) is 7.77. The number of nitrogen functional groups attached to an aromatic ring is 1. The third-order valence-electron chi connectivity index (χ3n) is 2.40. The van der Waals surface area contributed by atoms with Crippen molar-refractivity contribution in [2.75, 3.05) is 5.73 Å². The van der Waals surface area contributed by atoms with Gasteiger partial charge in [-0.3, -0.25) is 9.97 Å². The number of hydrogen-bond acceptors (Lipinski definition) is 4. The zero-order chi connectivity index (χ0) is 11.4. The van der Waals surface area contributed by atoms with E-state index in [0.717, 1.165) is 5.56 Å². The van der Waals surface area contributed by atoms with Crippen molar-refractivity contribution in [3.63, 3.8) is 0 Å². The second-order valence-corrected chi connectivity index (χ2v) is 3.59. The van der Waals surface area contributed by atoms with Crippen molar-refractivity contribution in [3.8, 4) is 0 Å². The molecule has 0 radical (unpaired) electrons. The largest absolute Gasteiger partial charge is 0.398 e. The van der Waals surface area contributed by atoms with Crippen LogP contribution >= 0.6 is 0 Å². The van der Waals surface area contributed by atoms with Crippen LogP contribution in [0.4, 0.5) is 5.69 Å². The number of nitrogens with two attached hydrogens (primary N) is 1. The van der Waals surface area contributed by atoms with Crippen molar-refractivity contribution in [3.05, 3.63) is 54.1 Å². The zero-order valence-corrected chi connectivity index (χ0v) is 8.74. The van der Waals surface area contributed by atoms with Crippen LogP contribution in [0.25, 0.3) is 0 Å². The van der Waals surface area contributed by atoms with Crippen LogP contribution in [0.5, 0.6) is 0 Å². The van der Waals surface area contributed by atoms with Crippen molar-refractivity contribution >= 4 is 5.69 Å². The summed E-state index contributed by atoms with van der Waals surface area (Å²) in [5.74, 6) is 0. The van der Waals surface area contributed by atoms with E-state index in [9.17, 15) is 5.11 Å². The Kier molecular flexibility index (Phi) is 3.12. The molecule has 3 N–H and O–H groups in total. The maximum absolute atomic E-state index is 10.0. The zero-order valence-electron chi connectivity index (χ0n) is 8.74. The Morgan fingerprint density at radius 2 is 2.00 bits per heavy atom. The molecule has 0 saturated carbocycles. The van der Waals surface area contributed by atoms with Gasteiger partial charge < -0.3 is 10.8 Å². The van der Waals surface area contributed by atoms with Crippen LogP contribution in [0, 0.1) is 0 Å². The van der Waals surface area contributed by atoms with E-state index in [-0.39, 0.29) is 0 Å². The van der Waals surface area contributed by atoms with E-state index >= 15 is 0 Å². The van der Waals surface area contributed by atoms with Gasteiger partial charge in [0.15, 0.2) is 0 Å². The van der Waals surface area contributed by atoms with Crippen molar-refractivity contribution < 1.29 is 5.11 Å². The van der Waals surface area contributed by atoms with Gasteiger partial charge in [-0.05, 0) is 17.7 Å². The highest BCUT2D eigenvalue weighted by molar-refractivity contribution is 5.45. The number of hydrogen-bond donors (Lipinski definition) is 2. The summed E-state index contributed by atoms with van der Waals surface area (Å²) in [6.45, 7) is 0. The van der Waals surface area contributed by atoms with Gasteiger partial charge in [-0.25, -0.2) is 0 Å². The average molecular weight is 215 g/mol. The molecule has 0 amide bonds. The number of aliphatic hydroxyl groups is 1. The second kappa shape index (κ2) is 4.72. The lowest BCUT2D eigenvalue weighted by Gasteiger charge is -2.12. The molecule has 0 bridgehead atoms. The fourth-order valence-electron chi connectivity index (χ4n) is 1.55. The molecule has 0 spiro atoms. The molecule has 0 fully saturated rings. The Labute approximate surface area is 93.8 Å². The molecule has 1 atom stereocenters. The van der Waals surface area contributed by atoms with E-state index in [1.165, 1.54) is 0 Å². The van der Waals surface area contributed by atoms with E-state index < -0.39 is 6.10 Å². The Morgan fingerprint density at radius 3 is 2.69 bits per heavy atom. The number of nitrogens with zero attached hydrogens (tertiary/aromatic N) is 2. The van der Waals surface area contributed by atoms with Gasteiger partial charge >= 0.3 is 0 Å². The molecular weight excluding hydrogens is 202 g/mol. The molecule has 82 valence electrons. The standard InChI is InChI=1S/C12H13N3O/c13-11-3-5-15-8-10(11)12(16)6-9-2-1-4-14-7-9/h1-5,7-8,12,16H,6H2,(H2,13,15). The molecule has 2 heterocycles. The normalized spacial score (nSPS) is 12.3. The third kappa shape index (κ3) is 2.35. The Hall–Kier alpha value is -1.94.